The van der Waals surface area contributed by atoms with E-state index in [1.54, 1.807) is 0 Å². The summed E-state index contributed by atoms with van der Waals surface area (Å²) >= 11 is 0. The summed E-state index contributed by atoms with van der Waals surface area (Å²) in [6.45, 7) is 4.84. The minimum Gasteiger partial charge on any atom is -0.301 e. The van der Waals surface area contributed by atoms with Gasteiger partial charge in [-0.05, 0) is 25.0 Å². The first kappa shape index (κ1) is 16.2. The zero-order chi connectivity index (χ0) is 15.8. The van der Waals surface area contributed by atoms with E-state index in [2.05, 4.69) is 36.1 Å². The first-order chi connectivity index (χ1) is 10.8. The Kier molecular flexibility index (Phi) is 6.11. The van der Waals surface area contributed by atoms with Gasteiger partial charge in [0, 0.05) is 12.6 Å². The van der Waals surface area contributed by atoms with Crippen LogP contribution in [0.25, 0.3) is 0 Å². The van der Waals surface area contributed by atoms with Gasteiger partial charge in [0.1, 0.15) is 6.29 Å². The molecule has 0 N–H and O–H groups in total. The molecule has 114 valence electrons. The average molecular weight is 293 g/mol. The van der Waals surface area contributed by atoms with Crippen LogP contribution in [0.5, 0.6) is 0 Å². The second-order valence-electron chi connectivity index (χ2n) is 5.40. The largest absolute Gasteiger partial charge is 0.301 e. The Morgan fingerprint density at radius 1 is 1.00 bits per heavy atom. The molecule has 22 heavy (non-hydrogen) atoms. The SMILES string of the molecule is C/C=C/[C@H](C=O)N(Cc1ccccc1)[C@H](C)c1ccccc1. The highest BCUT2D eigenvalue weighted by Gasteiger charge is 2.22. The van der Waals surface area contributed by atoms with Crippen LogP contribution in [0, 0.1) is 0 Å². The molecule has 0 aliphatic carbocycles. The van der Waals surface area contributed by atoms with Crippen LogP contribution in [-0.4, -0.2) is 17.2 Å². The summed E-state index contributed by atoms with van der Waals surface area (Å²) in [6, 6.07) is 20.5. The van der Waals surface area contributed by atoms with Gasteiger partial charge in [-0.3, -0.25) is 4.90 Å². The van der Waals surface area contributed by atoms with Crippen LogP contribution in [0.4, 0.5) is 0 Å². The van der Waals surface area contributed by atoms with Crippen molar-refractivity contribution in [2.24, 2.45) is 0 Å². The molecule has 0 heterocycles. The molecule has 0 bridgehead atoms. The predicted molar refractivity (Wildman–Crippen MR) is 91.5 cm³/mol. The first-order valence-corrected chi connectivity index (χ1v) is 7.69. The fraction of sp³-hybridized carbons (Fsp3) is 0.250. The lowest BCUT2D eigenvalue weighted by molar-refractivity contribution is -0.111. The maximum Gasteiger partial charge on any atom is 0.141 e. The Balaban J connectivity index is 2.30. The van der Waals surface area contributed by atoms with Gasteiger partial charge in [-0.25, -0.2) is 0 Å². The molecule has 0 saturated heterocycles. The van der Waals surface area contributed by atoms with Crippen molar-refractivity contribution >= 4 is 6.29 Å². The Bertz CT molecular complexity index is 592. The summed E-state index contributed by atoms with van der Waals surface area (Å²) in [4.78, 5) is 13.8. The van der Waals surface area contributed by atoms with E-state index < -0.39 is 0 Å². The molecule has 0 aliphatic rings. The third kappa shape index (κ3) is 4.15. The Morgan fingerprint density at radius 3 is 2.14 bits per heavy atom. The minimum absolute atomic E-state index is 0.160. The number of carbonyl (C=O) groups is 1. The maximum absolute atomic E-state index is 11.6. The lowest BCUT2D eigenvalue weighted by Gasteiger charge is -2.32. The molecule has 0 unspecified atom stereocenters. The number of allylic oxidation sites excluding steroid dienone is 1. The van der Waals surface area contributed by atoms with Crippen LogP contribution in [0.15, 0.2) is 72.8 Å². The van der Waals surface area contributed by atoms with Crippen LogP contribution in [0.2, 0.25) is 0 Å². The second-order valence-corrected chi connectivity index (χ2v) is 5.40. The molecule has 0 radical (unpaired) electrons. The molecule has 2 aromatic rings. The van der Waals surface area contributed by atoms with Crippen LogP contribution in [0.3, 0.4) is 0 Å². The number of hydrogen-bond donors (Lipinski definition) is 0. The van der Waals surface area contributed by atoms with E-state index in [0.29, 0.717) is 0 Å². The Hall–Kier alpha value is -2.19. The van der Waals surface area contributed by atoms with Gasteiger partial charge >= 0.3 is 0 Å². The highest BCUT2D eigenvalue weighted by atomic mass is 16.1. The van der Waals surface area contributed by atoms with Crippen LogP contribution >= 0.6 is 0 Å². The molecule has 0 spiro atoms. The summed E-state index contributed by atoms with van der Waals surface area (Å²) in [5.74, 6) is 0. The third-order valence-corrected chi connectivity index (χ3v) is 3.90. The van der Waals surface area contributed by atoms with Crippen LogP contribution in [0.1, 0.15) is 31.0 Å². The van der Waals surface area contributed by atoms with Gasteiger partial charge in [-0.2, -0.15) is 0 Å². The maximum atomic E-state index is 11.6. The Labute approximate surface area is 133 Å². The monoisotopic (exact) mass is 293 g/mol. The standard InChI is InChI=1S/C20H23NO/c1-3-10-20(16-22)21(15-18-11-6-4-7-12-18)17(2)19-13-8-5-9-14-19/h3-14,16-17,20H,15H2,1-2H3/b10-3+/t17-,20-/m1/s1. The first-order valence-electron chi connectivity index (χ1n) is 7.69. The van der Waals surface area contributed by atoms with Crippen molar-refractivity contribution in [2.75, 3.05) is 0 Å². The summed E-state index contributed by atoms with van der Waals surface area (Å²) in [7, 11) is 0. The number of rotatable bonds is 7. The number of hydrogen-bond acceptors (Lipinski definition) is 2. The molecule has 2 atom stereocenters. The van der Waals surface area contributed by atoms with E-state index in [9.17, 15) is 4.79 Å². The molecule has 2 rings (SSSR count). The van der Waals surface area contributed by atoms with E-state index in [0.717, 1.165) is 12.8 Å². The second kappa shape index (κ2) is 8.30. The normalized spacial score (nSPS) is 14.1. The van der Waals surface area contributed by atoms with Crippen molar-refractivity contribution in [3.8, 4) is 0 Å². The summed E-state index contributed by atoms with van der Waals surface area (Å²) in [5.41, 5.74) is 2.43. The third-order valence-electron chi connectivity index (χ3n) is 3.90. The van der Waals surface area contributed by atoms with Gasteiger partial charge < -0.3 is 4.79 Å². The summed E-state index contributed by atoms with van der Waals surface area (Å²) in [5, 5.41) is 0. The van der Waals surface area contributed by atoms with Crippen molar-refractivity contribution in [3.05, 3.63) is 83.9 Å². The number of carbonyl (C=O) groups excluding carboxylic acids is 1. The lowest BCUT2D eigenvalue weighted by atomic mass is 10.0. The van der Waals surface area contributed by atoms with E-state index in [4.69, 9.17) is 0 Å². The lowest BCUT2D eigenvalue weighted by Crippen LogP contribution is -2.36. The Morgan fingerprint density at radius 2 is 1.59 bits per heavy atom. The highest BCUT2D eigenvalue weighted by molar-refractivity contribution is 5.61. The highest BCUT2D eigenvalue weighted by Crippen LogP contribution is 2.24. The molecule has 2 heteroatoms. The average Bonchev–Trinajstić information content (AvgIpc) is 2.59. The van der Waals surface area contributed by atoms with E-state index in [1.165, 1.54) is 11.1 Å². The molecule has 0 aromatic heterocycles. The van der Waals surface area contributed by atoms with Crippen LogP contribution in [-0.2, 0) is 11.3 Å². The van der Waals surface area contributed by atoms with E-state index >= 15 is 0 Å². The van der Waals surface area contributed by atoms with Gasteiger partial charge in [-0.1, -0.05) is 72.8 Å². The molecule has 2 nitrogen and oxygen atoms in total. The number of aldehydes is 1. The van der Waals surface area contributed by atoms with Crippen molar-refractivity contribution in [3.63, 3.8) is 0 Å². The van der Waals surface area contributed by atoms with Crippen molar-refractivity contribution < 1.29 is 4.79 Å². The minimum atomic E-state index is -0.222. The molecular formula is C20H23NO. The van der Waals surface area contributed by atoms with E-state index in [-0.39, 0.29) is 12.1 Å². The molecule has 2 aromatic carbocycles. The fourth-order valence-electron chi connectivity index (χ4n) is 2.65. The van der Waals surface area contributed by atoms with Gasteiger partial charge in [0.25, 0.3) is 0 Å². The van der Waals surface area contributed by atoms with Gasteiger partial charge in [0.15, 0.2) is 0 Å². The van der Waals surface area contributed by atoms with Gasteiger partial charge in [-0.15, -0.1) is 0 Å². The van der Waals surface area contributed by atoms with Crippen LogP contribution < -0.4 is 0 Å². The smallest absolute Gasteiger partial charge is 0.141 e. The summed E-state index contributed by atoms with van der Waals surface area (Å²) < 4.78 is 0. The molecule has 0 aliphatic heterocycles. The zero-order valence-corrected chi connectivity index (χ0v) is 13.2. The number of benzene rings is 2. The fourth-order valence-corrected chi connectivity index (χ4v) is 2.65. The molecule has 0 fully saturated rings. The topological polar surface area (TPSA) is 20.3 Å². The van der Waals surface area contributed by atoms with Crippen molar-refractivity contribution in [1.82, 2.24) is 4.90 Å². The summed E-state index contributed by atoms with van der Waals surface area (Å²) in [6.07, 6.45) is 4.91. The molecular weight excluding hydrogens is 270 g/mol. The van der Waals surface area contributed by atoms with Crippen molar-refractivity contribution in [1.29, 1.82) is 0 Å². The van der Waals surface area contributed by atoms with Gasteiger partial charge in [0.2, 0.25) is 0 Å². The van der Waals surface area contributed by atoms with Crippen molar-refractivity contribution in [2.45, 2.75) is 32.5 Å². The zero-order valence-electron chi connectivity index (χ0n) is 13.2. The van der Waals surface area contributed by atoms with E-state index in [1.807, 2.05) is 55.5 Å². The van der Waals surface area contributed by atoms with Gasteiger partial charge in [0.05, 0.1) is 6.04 Å². The molecule has 0 amide bonds. The predicted octanol–water partition coefficient (Wildman–Crippen LogP) is 4.39. The molecule has 0 saturated carbocycles. The quantitative estimate of drug-likeness (QED) is 0.557. The number of nitrogens with zero attached hydrogens (tertiary/aromatic N) is 1.